The second kappa shape index (κ2) is 11.8. The summed E-state index contributed by atoms with van der Waals surface area (Å²) in [4.78, 5) is 23.2. The first-order valence-electron chi connectivity index (χ1n) is 11.8. The Balaban J connectivity index is 1.72. The van der Waals surface area contributed by atoms with Crippen LogP contribution >= 0.6 is 7.75 Å². The van der Waals surface area contributed by atoms with E-state index in [-0.39, 0.29) is 12.4 Å². The molecule has 0 bridgehead atoms. The van der Waals surface area contributed by atoms with Crippen molar-refractivity contribution >= 4 is 30.2 Å². The number of nitrogens with zero attached hydrogens (tertiary/aromatic N) is 1. The van der Waals surface area contributed by atoms with Crippen LogP contribution in [0.1, 0.15) is 18.1 Å². The normalized spacial score (nSPS) is 13.7. The first-order chi connectivity index (χ1) is 19.0. The topological polar surface area (TPSA) is 117 Å². The summed E-state index contributed by atoms with van der Waals surface area (Å²) >= 11 is 0. The van der Waals surface area contributed by atoms with E-state index in [1.807, 2.05) is 0 Å². The molecule has 0 amide bonds. The number of halogens is 3. The van der Waals surface area contributed by atoms with Gasteiger partial charge in [0.2, 0.25) is 5.75 Å². The van der Waals surface area contributed by atoms with Crippen LogP contribution in [0.15, 0.2) is 91.0 Å². The summed E-state index contributed by atoms with van der Waals surface area (Å²) in [5, 5.41) is 15.0. The molecule has 4 rings (SSSR count). The molecule has 0 spiro atoms. The van der Waals surface area contributed by atoms with Gasteiger partial charge < -0.3 is 13.8 Å². The molecule has 4 aromatic carbocycles. The molecule has 40 heavy (non-hydrogen) atoms. The number of rotatable bonds is 10. The molecule has 0 radical (unpaired) electrons. The third-order valence-electron chi connectivity index (χ3n) is 5.61. The first-order valence-corrected chi connectivity index (χ1v) is 13.3. The molecule has 0 saturated heterocycles. The van der Waals surface area contributed by atoms with Gasteiger partial charge >= 0.3 is 25.6 Å². The number of para-hydroxylation sites is 1. The van der Waals surface area contributed by atoms with Crippen molar-refractivity contribution in [3.63, 3.8) is 0 Å². The summed E-state index contributed by atoms with van der Waals surface area (Å²) < 4.78 is 71.7. The molecule has 4 aromatic rings. The van der Waals surface area contributed by atoms with Gasteiger partial charge in [-0.25, -0.2) is 4.57 Å². The summed E-state index contributed by atoms with van der Waals surface area (Å²) in [6.07, 6.45) is -5.11. The Bertz CT molecular complexity index is 1580. The van der Waals surface area contributed by atoms with Crippen molar-refractivity contribution in [2.24, 2.45) is 0 Å². The lowest BCUT2D eigenvalue weighted by molar-refractivity contribution is -0.385. The van der Waals surface area contributed by atoms with Crippen LogP contribution in [0.5, 0.6) is 11.5 Å². The molecule has 2 atom stereocenters. The average Bonchev–Trinajstić information content (AvgIpc) is 2.91. The number of ether oxygens (including phenoxy) is 1. The number of fused-ring (bicyclic) bond motifs is 1. The zero-order chi connectivity index (χ0) is 28.9. The van der Waals surface area contributed by atoms with Gasteiger partial charge in [0.15, 0.2) is 0 Å². The second-order valence-electron chi connectivity index (χ2n) is 8.51. The van der Waals surface area contributed by atoms with Crippen LogP contribution < -0.4 is 14.1 Å². The summed E-state index contributed by atoms with van der Waals surface area (Å²) in [5.74, 6) is -2.32. The number of esters is 1. The van der Waals surface area contributed by atoms with Gasteiger partial charge in [-0.15, -0.1) is 0 Å². The van der Waals surface area contributed by atoms with Gasteiger partial charge in [0.1, 0.15) is 24.0 Å². The van der Waals surface area contributed by atoms with Crippen LogP contribution in [-0.2, 0) is 26.9 Å². The maximum absolute atomic E-state index is 14.1. The number of carbonyl (C=O) groups excluding carboxylic acids is 1. The molecule has 1 unspecified atom stereocenters. The van der Waals surface area contributed by atoms with Crippen molar-refractivity contribution in [1.82, 2.24) is 5.09 Å². The van der Waals surface area contributed by atoms with E-state index in [2.05, 4.69) is 5.09 Å². The van der Waals surface area contributed by atoms with Crippen LogP contribution in [0, 0.1) is 10.1 Å². The van der Waals surface area contributed by atoms with Gasteiger partial charge in [-0.05, 0) is 30.0 Å². The predicted octanol–water partition coefficient (Wildman–Crippen LogP) is 7.05. The molecule has 0 heterocycles. The van der Waals surface area contributed by atoms with E-state index in [0.29, 0.717) is 22.4 Å². The smallest absolute Gasteiger partial charge is 0.460 e. The van der Waals surface area contributed by atoms with Crippen LogP contribution in [0.2, 0.25) is 0 Å². The highest BCUT2D eigenvalue weighted by molar-refractivity contribution is 7.52. The number of nitro groups is 1. The maximum Gasteiger partial charge on any atom is 0.513 e. The number of carbonyl (C=O) groups is 1. The highest BCUT2D eigenvalue weighted by Crippen LogP contribution is 2.52. The Morgan fingerprint density at radius 3 is 2.30 bits per heavy atom. The third kappa shape index (κ3) is 6.77. The van der Waals surface area contributed by atoms with Crippen molar-refractivity contribution in [3.8, 4) is 11.5 Å². The largest absolute Gasteiger partial charge is 0.513 e. The fourth-order valence-electron chi connectivity index (χ4n) is 3.73. The molecule has 1 N–H and O–H groups in total. The second-order valence-corrected chi connectivity index (χ2v) is 10.1. The first kappa shape index (κ1) is 28.6. The van der Waals surface area contributed by atoms with Gasteiger partial charge in [0, 0.05) is 11.5 Å². The fourth-order valence-corrected chi connectivity index (χ4v) is 5.30. The van der Waals surface area contributed by atoms with E-state index in [1.54, 1.807) is 66.7 Å². The van der Waals surface area contributed by atoms with Crippen LogP contribution in [-0.4, -0.2) is 16.9 Å². The van der Waals surface area contributed by atoms with Gasteiger partial charge in [-0.3, -0.25) is 14.9 Å². The molecule has 0 aliphatic rings. The Kier molecular flexibility index (Phi) is 8.41. The fraction of sp³-hybridized carbons (Fsp3) is 0.148. The highest BCUT2D eigenvalue weighted by Gasteiger charge is 2.43. The minimum absolute atomic E-state index is 0.0640. The minimum Gasteiger partial charge on any atom is -0.460 e. The Morgan fingerprint density at radius 1 is 0.950 bits per heavy atom. The lowest BCUT2D eigenvalue weighted by Crippen LogP contribution is -2.36. The number of nitrogens with one attached hydrogen (secondary N) is 1. The van der Waals surface area contributed by atoms with Gasteiger partial charge in [-0.1, -0.05) is 72.8 Å². The van der Waals surface area contributed by atoms with Crippen LogP contribution in [0.3, 0.4) is 0 Å². The molecule has 0 aromatic heterocycles. The summed E-state index contributed by atoms with van der Waals surface area (Å²) in [6, 6.07) is 20.7. The highest BCUT2D eigenvalue weighted by atomic mass is 31.2. The molecule has 13 heteroatoms. The SMILES string of the molecule is C[C@H](NP(=O)(Oc1c([N+](=O)[O-])cccc1C(F)(F)F)Oc1cccc2ccccc12)C(=O)OCc1ccccc1. The molecule has 9 nitrogen and oxygen atoms in total. The lowest BCUT2D eigenvalue weighted by atomic mass is 10.1. The molecular weight excluding hydrogens is 552 g/mol. The monoisotopic (exact) mass is 574 g/mol. The predicted molar refractivity (Wildman–Crippen MR) is 140 cm³/mol. The van der Waals surface area contributed by atoms with Crippen LogP contribution in [0.4, 0.5) is 18.9 Å². The third-order valence-corrected chi connectivity index (χ3v) is 7.17. The van der Waals surface area contributed by atoms with Gasteiger partial charge in [0.25, 0.3) is 0 Å². The minimum atomic E-state index is -5.11. The molecule has 0 aliphatic carbocycles. The van der Waals surface area contributed by atoms with Crippen molar-refractivity contribution in [1.29, 1.82) is 0 Å². The van der Waals surface area contributed by atoms with Gasteiger partial charge in [-0.2, -0.15) is 18.3 Å². The zero-order valence-corrected chi connectivity index (χ0v) is 21.7. The standard InChI is InChI=1S/C27H22F3N2O7P/c1-18(26(33)37-17-19-9-3-2-4-10-19)31-40(36,38-24-16-7-12-20-11-5-6-13-21(20)24)39-25-22(27(28,29)30)14-8-15-23(25)32(34)35/h2-16,18H,17H2,1H3,(H,31,36)/t18-,40?/m0/s1. The van der Waals surface area contributed by atoms with E-state index >= 15 is 0 Å². The molecule has 0 aliphatic heterocycles. The number of hydrogen-bond acceptors (Lipinski definition) is 7. The average molecular weight is 574 g/mol. The zero-order valence-electron chi connectivity index (χ0n) is 20.8. The van der Waals surface area contributed by atoms with E-state index in [4.69, 9.17) is 13.8 Å². The molecule has 0 fully saturated rings. The quantitative estimate of drug-likeness (QED) is 0.0927. The van der Waals surface area contributed by atoms with Crippen molar-refractivity contribution in [2.45, 2.75) is 25.7 Å². The number of nitro benzene ring substituents is 1. The molecular formula is C27H22F3N2O7P. The Morgan fingerprint density at radius 2 is 1.60 bits per heavy atom. The Hall–Kier alpha value is -4.41. The van der Waals surface area contributed by atoms with Crippen molar-refractivity contribution in [2.75, 3.05) is 0 Å². The van der Waals surface area contributed by atoms with E-state index in [0.717, 1.165) is 12.1 Å². The lowest BCUT2D eigenvalue weighted by Gasteiger charge is -2.24. The maximum atomic E-state index is 14.1. The number of alkyl halides is 3. The van der Waals surface area contributed by atoms with E-state index in [1.165, 1.54) is 13.0 Å². The Labute approximate surface area is 226 Å². The van der Waals surface area contributed by atoms with E-state index < -0.39 is 47.9 Å². The van der Waals surface area contributed by atoms with Crippen molar-refractivity contribution in [3.05, 3.63) is 112 Å². The van der Waals surface area contributed by atoms with E-state index in [9.17, 15) is 32.6 Å². The van der Waals surface area contributed by atoms with Crippen molar-refractivity contribution < 1.29 is 41.2 Å². The number of benzene rings is 4. The summed E-state index contributed by atoms with van der Waals surface area (Å²) in [5.41, 5.74) is -1.99. The van der Waals surface area contributed by atoms with Gasteiger partial charge in [0.05, 0.1) is 4.92 Å². The summed E-state index contributed by atoms with van der Waals surface area (Å²) in [7, 11) is -4.99. The molecule has 0 saturated carbocycles. The summed E-state index contributed by atoms with van der Waals surface area (Å²) in [6.45, 7) is 1.10. The molecule has 208 valence electrons. The number of hydrogen-bond donors (Lipinski definition) is 1. The van der Waals surface area contributed by atoms with Crippen LogP contribution in [0.25, 0.3) is 10.8 Å².